The normalized spacial score (nSPS) is 25.1. The third kappa shape index (κ3) is 4.16. The summed E-state index contributed by atoms with van der Waals surface area (Å²) < 4.78 is 10.4. The molecule has 0 aliphatic carbocycles. The van der Waals surface area contributed by atoms with Gasteiger partial charge in [-0.2, -0.15) is 0 Å². The van der Waals surface area contributed by atoms with Crippen molar-refractivity contribution in [1.82, 2.24) is 4.90 Å². The number of methoxy groups -OCH3 is 1. The van der Waals surface area contributed by atoms with E-state index in [0.717, 1.165) is 6.42 Å². The molecule has 1 fully saturated rings. The number of ether oxygens (including phenoxy) is 2. The third-order valence-corrected chi connectivity index (χ3v) is 2.74. The van der Waals surface area contributed by atoms with Crippen LogP contribution in [0.3, 0.4) is 0 Å². The van der Waals surface area contributed by atoms with Gasteiger partial charge in [-0.3, -0.25) is 0 Å². The van der Waals surface area contributed by atoms with Gasteiger partial charge in [0.25, 0.3) is 0 Å². The average Bonchev–Trinajstić information content (AvgIpc) is 2.59. The second-order valence-corrected chi connectivity index (χ2v) is 5.53. The fraction of sp³-hybridized carbons (Fsp3) is 0.917. The summed E-state index contributed by atoms with van der Waals surface area (Å²) >= 11 is 0. The van der Waals surface area contributed by atoms with Crippen LogP contribution >= 0.6 is 0 Å². The highest BCUT2D eigenvalue weighted by molar-refractivity contribution is 5.69. The number of aliphatic hydroxyl groups is 1. The molecule has 0 aromatic heterocycles. The Kier molecular flexibility index (Phi) is 4.77. The van der Waals surface area contributed by atoms with Crippen molar-refractivity contribution in [2.45, 2.75) is 38.8 Å². The van der Waals surface area contributed by atoms with Crippen LogP contribution in [0.2, 0.25) is 0 Å². The summed E-state index contributed by atoms with van der Waals surface area (Å²) in [6.45, 7) is 6.67. The molecule has 0 bridgehead atoms. The second-order valence-electron chi connectivity index (χ2n) is 5.53. The molecule has 0 unspecified atom stereocenters. The zero-order valence-electron chi connectivity index (χ0n) is 11.1. The van der Waals surface area contributed by atoms with Gasteiger partial charge in [-0.15, -0.1) is 0 Å². The van der Waals surface area contributed by atoms with E-state index in [4.69, 9.17) is 9.47 Å². The van der Waals surface area contributed by atoms with E-state index in [1.165, 1.54) is 0 Å². The van der Waals surface area contributed by atoms with Crippen LogP contribution < -0.4 is 0 Å². The van der Waals surface area contributed by atoms with Crippen LogP contribution in [0.1, 0.15) is 27.2 Å². The van der Waals surface area contributed by atoms with Crippen molar-refractivity contribution in [2.75, 3.05) is 26.9 Å². The van der Waals surface area contributed by atoms with Crippen molar-refractivity contribution in [2.24, 2.45) is 5.92 Å². The molecule has 0 radical (unpaired) electrons. The van der Waals surface area contributed by atoms with Gasteiger partial charge < -0.3 is 19.5 Å². The van der Waals surface area contributed by atoms with E-state index in [9.17, 15) is 9.90 Å². The van der Waals surface area contributed by atoms with Crippen LogP contribution in [0.15, 0.2) is 0 Å². The molecule has 0 saturated carbocycles. The van der Waals surface area contributed by atoms with Gasteiger partial charge >= 0.3 is 6.09 Å². The van der Waals surface area contributed by atoms with Crippen LogP contribution in [0.25, 0.3) is 0 Å². The van der Waals surface area contributed by atoms with E-state index in [0.29, 0.717) is 13.2 Å². The first kappa shape index (κ1) is 14.3. The van der Waals surface area contributed by atoms with Gasteiger partial charge in [-0.25, -0.2) is 4.79 Å². The summed E-state index contributed by atoms with van der Waals surface area (Å²) in [5.74, 6) is 0.282. The molecule has 0 aromatic carbocycles. The summed E-state index contributed by atoms with van der Waals surface area (Å²) in [6, 6.07) is -0.148. The molecule has 1 rings (SSSR count). The zero-order valence-corrected chi connectivity index (χ0v) is 11.1. The minimum atomic E-state index is -0.504. The fourth-order valence-corrected chi connectivity index (χ4v) is 2.09. The topological polar surface area (TPSA) is 59.0 Å². The highest BCUT2D eigenvalue weighted by atomic mass is 16.6. The predicted octanol–water partition coefficient (Wildman–Crippen LogP) is 1.25. The molecule has 1 N–H and O–H groups in total. The first-order valence-electron chi connectivity index (χ1n) is 5.96. The molecular weight excluding hydrogens is 222 g/mol. The van der Waals surface area contributed by atoms with Gasteiger partial charge in [0, 0.05) is 19.6 Å². The number of carbonyl (C=O) groups is 1. The third-order valence-electron chi connectivity index (χ3n) is 2.74. The number of amides is 1. The van der Waals surface area contributed by atoms with E-state index in [1.807, 2.05) is 20.8 Å². The van der Waals surface area contributed by atoms with Crippen molar-refractivity contribution in [3.05, 3.63) is 0 Å². The molecule has 1 aliphatic heterocycles. The van der Waals surface area contributed by atoms with Crippen molar-refractivity contribution in [3.8, 4) is 0 Å². The van der Waals surface area contributed by atoms with Crippen LogP contribution in [0.4, 0.5) is 4.79 Å². The summed E-state index contributed by atoms with van der Waals surface area (Å²) in [6.07, 6.45) is 0.416. The molecule has 1 heterocycles. The van der Waals surface area contributed by atoms with Gasteiger partial charge in [0.05, 0.1) is 19.3 Å². The zero-order chi connectivity index (χ0) is 13.1. The number of nitrogens with zero attached hydrogens (tertiary/aromatic N) is 1. The maximum Gasteiger partial charge on any atom is 0.410 e. The first-order chi connectivity index (χ1) is 7.87. The minimum Gasteiger partial charge on any atom is -0.444 e. The molecular formula is C12H23NO4. The molecule has 5 heteroatoms. The van der Waals surface area contributed by atoms with E-state index in [-0.39, 0.29) is 24.7 Å². The maximum absolute atomic E-state index is 11.9. The Morgan fingerprint density at radius 3 is 2.59 bits per heavy atom. The Morgan fingerprint density at radius 2 is 2.12 bits per heavy atom. The first-order valence-corrected chi connectivity index (χ1v) is 5.96. The summed E-state index contributed by atoms with van der Waals surface area (Å²) in [5.41, 5.74) is -0.504. The molecule has 5 nitrogen and oxygen atoms in total. The van der Waals surface area contributed by atoms with E-state index >= 15 is 0 Å². The second kappa shape index (κ2) is 5.69. The van der Waals surface area contributed by atoms with Crippen molar-refractivity contribution in [3.63, 3.8) is 0 Å². The quantitative estimate of drug-likeness (QED) is 0.813. The SMILES string of the molecule is COC[C@H]1C[C@@H](CO)N(C(=O)OC(C)(C)C)C1. The molecule has 1 aliphatic rings. The lowest BCUT2D eigenvalue weighted by atomic mass is 10.1. The Hall–Kier alpha value is -0.810. The number of rotatable bonds is 3. The molecule has 0 spiro atoms. The number of likely N-dealkylation sites (tertiary alicyclic amines) is 1. The molecule has 1 saturated heterocycles. The Morgan fingerprint density at radius 1 is 1.47 bits per heavy atom. The standard InChI is InChI=1S/C12H23NO4/c1-12(2,3)17-11(15)13-6-9(8-16-4)5-10(13)7-14/h9-10,14H,5-8H2,1-4H3/t9-,10-/m0/s1. The van der Waals surface area contributed by atoms with Crippen LogP contribution in [0.5, 0.6) is 0 Å². The number of aliphatic hydroxyl groups excluding tert-OH is 1. The monoisotopic (exact) mass is 245 g/mol. The van der Waals surface area contributed by atoms with E-state index in [2.05, 4.69) is 0 Å². The molecule has 1 amide bonds. The predicted molar refractivity (Wildman–Crippen MR) is 63.8 cm³/mol. The van der Waals surface area contributed by atoms with Crippen LogP contribution in [-0.4, -0.2) is 54.6 Å². The van der Waals surface area contributed by atoms with Gasteiger partial charge in [0.1, 0.15) is 5.60 Å². The van der Waals surface area contributed by atoms with Crippen molar-refractivity contribution in [1.29, 1.82) is 0 Å². The Balaban J connectivity index is 2.59. The molecule has 17 heavy (non-hydrogen) atoms. The van der Waals surface area contributed by atoms with Crippen LogP contribution in [-0.2, 0) is 9.47 Å². The molecule has 100 valence electrons. The summed E-state index contributed by atoms with van der Waals surface area (Å²) in [4.78, 5) is 13.5. The highest BCUT2D eigenvalue weighted by Gasteiger charge is 2.36. The van der Waals surface area contributed by atoms with Crippen LogP contribution in [0, 0.1) is 5.92 Å². The average molecular weight is 245 g/mol. The van der Waals surface area contributed by atoms with Crippen molar-refractivity contribution >= 4 is 6.09 Å². The van der Waals surface area contributed by atoms with Gasteiger partial charge in [0.2, 0.25) is 0 Å². The largest absolute Gasteiger partial charge is 0.444 e. The lowest BCUT2D eigenvalue weighted by Crippen LogP contribution is -2.41. The summed E-state index contributed by atoms with van der Waals surface area (Å²) in [5, 5.41) is 9.28. The maximum atomic E-state index is 11.9. The van der Waals surface area contributed by atoms with Gasteiger partial charge in [0.15, 0.2) is 0 Å². The minimum absolute atomic E-state index is 0.0283. The van der Waals surface area contributed by atoms with Gasteiger partial charge in [-0.1, -0.05) is 0 Å². The Labute approximate surface area is 103 Å². The van der Waals surface area contributed by atoms with E-state index in [1.54, 1.807) is 12.0 Å². The lowest BCUT2D eigenvalue weighted by molar-refractivity contribution is 0.0168. The highest BCUT2D eigenvalue weighted by Crippen LogP contribution is 2.25. The smallest absolute Gasteiger partial charge is 0.410 e. The number of hydrogen-bond acceptors (Lipinski definition) is 4. The molecule has 2 atom stereocenters. The van der Waals surface area contributed by atoms with Crippen molar-refractivity contribution < 1.29 is 19.4 Å². The fourth-order valence-electron chi connectivity index (χ4n) is 2.09. The van der Waals surface area contributed by atoms with Gasteiger partial charge in [-0.05, 0) is 27.2 Å². The number of hydrogen-bond donors (Lipinski definition) is 1. The molecule has 0 aromatic rings. The Bertz CT molecular complexity index is 262. The van der Waals surface area contributed by atoms with E-state index < -0.39 is 5.60 Å². The lowest BCUT2D eigenvalue weighted by Gasteiger charge is -2.27. The number of carbonyl (C=O) groups excluding carboxylic acids is 1. The summed E-state index contributed by atoms with van der Waals surface area (Å²) in [7, 11) is 1.64.